The zero-order valence-electron chi connectivity index (χ0n) is 16.8. The van der Waals surface area contributed by atoms with E-state index in [-0.39, 0.29) is 17.6 Å². The predicted molar refractivity (Wildman–Crippen MR) is 111 cm³/mol. The van der Waals surface area contributed by atoms with E-state index in [2.05, 4.69) is 10.6 Å². The summed E-state index contributed by atoms with van der Waals surface area (Å²) < 4.78 is 15.1. The number of halogens is 1. The summed E-state index contributed by atoms with van der Waals surface area (Å²) in [6.07, 6.45) is 0. The Hall–Kier alpha value is -3.41. The first kappa shape index (κ1) is 20.3. The molecule has 5 nitrogen and oxygen atoms in total. The largest absolute Gasteiger partial charge is 0.352 e. The molecule has 2 amide bonds. The number of carbonyl (C=O) groups excluding carboxylic acids is 2. The van der Waals surface area contributed by atoms with Crippen molar-refractivity contribution in [3.8, 4) is 5.69 Å². The lowest BCUT2D eigenvalue weighted by Gasteiger charge is -2.10. The van der Waals surface area contributed by atoms with E-state index in [0.717, 1.165) is 22.6 Å². The molecule has 150 valence electrons. The van der Waals surface area contributed by atoms with E-state index in [1.54, 1.807) is 30.3 Å². The number of aromatic nitrogens is 1. The SMILES string of the molecule is CCNC(=O)c1cccc(CNC(=O)c2cc(C)n(-c3ccc(F)cc3)c2C)c1. The molecule has 0 aliphatic carbocycles. The van der Waals surface area contributed by atoms with Crippen LogP contribution in [-0.2, 0) is 6.54 Å². The molecule has 2 N–H and O–H groups in total. The van der Waals surface area contributed by atoms with Gasteiger partial charge in [0, 0.05) is 35.7 Å². The Morgan fingerprint density at radius 1 is 0.966 bits per heavy atom. The van der Waals surface area contributed by atoms with Crippen LogP contribution in [-0.4, -0.2) is 22.9 Å². The van der Waals surface area contributed by atoms with E-state index in [1.807, 2.05) is 37.5 Å². The molecule has 1 heterocycles. The van der Waals surface area contributed by atoms with E-state index in [0.29, 0.717) is 24.2 Å². The van der Waals surface area contributed by atoms with Crippen LogP contribution in [0, 0.1) is 19.7 Å². The summed E-state index contributed by atoms with van der Waals surface area (Å²) in [4.78, 5) is 24.7. The molecule has 3 rings (SSSR count). The molecule has 0 unspecified atom stereocenters. The van der Waals surface area contributed by atoms with Gasteiger partial charge < -0.3 is 15.2 Å². The van der Waals surface area contributed by atoms with Crippen molar-refractivity contribution in [2.24, 2.45) is 0 Å². The standard InChI is InChI=1S/C23H24FN3O2/c1-4-25-22(28)18-7-5-6-17(13-18)14-26-23(29)21-12-15(2)27(16(21)3)20-10-8-19(24)9-11-20/h5-13H,4,14H2,1-3H3,(H,25,28)(H,26,29). The summed E-state index contributed by atoms with van der Waals surface area (Å²) >= 11 is 0. The van der Waals surface area contributed by atoms with Gasteiger partial charge in [0.1, 0.15) is 5.82 Å². The second kappa shape index (κ2) is 8.73. The Morgan fingerprint density at radius 2 is 1.69 bits per heavy atom. The van der Waals surface area contributed by atoms with Gasteiger partial charge in [0.15, 0.2) is 0 Å². The van der Waals surface area contributed by atoms with Crippen LogP contribution in [0.15, 0.2) is 54.6 Å². The third-order valence-electron chi connectivity index (χ3n) is 4.74. The average molecular weight is 393 g/mol. The van der Waals surface area contributed by atoms with Crippen LogP contribution in [0.4, 0.5) is 4.39 Å². The quantitative estimate of drug-likeness (QED) is 0.667. The Labute approximate surface area is 169 Å². The summed E-state index contributed by atoms with van der Waals surface area (Å²) in [5.74, 6) is -0.637. The van der Waals surface area contributed by atoms with Gasteiger partial charge in [-0.1, -0.05) is 12.1 Å². The molecule has 0 saturated heterocycles. The van der Waals surface area contributed by atoms with Gasteiger partial charge in [-0.3, -0.25) is 9.59 Å². The lowest BCUT2D eigenvalue weighted by molar-refractivity contribution is 0.0946. The van der Waals surface area contributed by atoms with Crippen LogP contribution in [0.5, 0.6) is 0 Å². The molecule has 0 bridgehead atoms. The summed E-state index contributed by atoms with van der Waals surface area (Å²) in [5, 5.41) is 5.67. The van der Waals surface area contributed by atoms with Gasteiger partial charge in [0.2, 0.25) is 0 Å². The molecule has 0 aliphatic rings. The van der Waals surface area contributed by atoms with Crippen molar-refractivity contribution in [1.82, 2.24) is 15.2 Å². The first-order valence-electron chi connectivity index (χ1n) is 9.51. The minimum atomic E-state index is -0.302. The number of carbonyl (C=O) groups is 2. The topological polar surface area (TPSA) is 63.1 Å². The fraction of sp³-hybridized carbons (Fsp3) is 0.217. The van der Waals surface area contributed by atoms with Crippen molar-refractivity contribution in [2.75, 3.05) is 6.54 Å². The number of aryl methyl sites for hydroxylation is 1. The number of hydrogen-bond donors (Lipinski definition) is 2. The molecule has 29 heavy (non-hydrogen) atoms. The second-order valence-corrected chi connectivity index (χ2v) is 6.84. The Balaban J connectivity index is 1.75. The van der Waals surface area contributed by atoms with Gasteiger partial charge in [-0.25, -0.2) is 4.39 Å². The summed E-state index contributed by atoms with van der Waals surface area (Å²) in [6.45, 7) is 6.50. The molecule has 0 saturated carbocycles. The first-order valence-corrected chi connectivity index (χ1v) is 9.51. The fourth-order valence-corrected chi connectivity index (χ4v) is 3.34. The van der Waals surface area contributed by atoms with Gasteiger partial charge >= 0.3 is 0 Å². The van der Waals surface area contributed by atoms with E-state index >= 15 is 0 Å². The molecular weight excluding hydrogens is 369 g/mol. The summed E-state index contributed by atoms with van der Waals surface area (Å²) in [7, 11) is 0. The molecule has 0 spiro atoms. The number of nitrogens with zero attached hydrogens (tertiary/aromatic N) is 1. The smallest absolute Gasteiger partial charge is 0.253 e. The van der Waals surface area contributed by atoms with E-state index in [9.17, 15) is 14.0 Å². The molecule has 2 aromatic carbocycles. The molecule has 0 radical (unpaired) electrons. The molecular formula is C23H24FN3O2. The van der Waals surface area contributed by atoms with Gasteiger partial charge in [0.05, 0.1) is 5.56 Å². The third-order valence-corrected chi connectivity index (χ3v) is 4.74. The van der Waals surface area contributed by atoms with Crippen molar-refractivity contribution >= 4 is 11.8 Å². The number of benzene rings is 2. The normalized spacial score (nSPS) is 10.6. The van der Waals surface area contributed by atoms with Crippen molar-refractivity contribution in [2.45, 2.75) is 27.3 Å². The van der Waals surface area contributed by atoms with Gasteiger partial charge in [-0.15, -0.1) is 0 Å². The molecule has 0 atom stereocenters. The van der Waals surface area contributed by atoms with Crippen LogP contribution in [0.2, 0.25) is 0 Å². The van der Waals surface area contributed by atoms with Crippen LogP contribution >= 0.6 is 0 Å². The predicted octanol–water partition coefficient (Wildman–Crippen LogP) is 3.91. The zero-order valence-corrected chi connectivity index (χ0v) is 16.8. The zero-order chi connectivity index (χ0) is 21.0. The summed E-state index contributed by atoms with van der Waals surface area (Å²) in [6, 6.07) is 15.2. The number of amides is 2. The van der Waals surface area contributed by atoms with E-state index in [1.165, 1.54) is 12.1 Å². The molecule has 6 heteroatoms. The first-order chi connectivity index (χ1) is 13.9. The van der Waals surface area contributed by atoms with Gasteiger partial charge in [0.25, 0.3) is 11.8 Å². The second-order valence-electron chi connectivity index (χ2n) is 6.84. The van der Waals surface area contributed by atoms with Crippen molar-refractivity contribution in [3.63, 3.8) is 0 Å². The highest BCUT2D eigenvalue weighted by molar-refractivity contribution is 5.96. The van der Waals surface area contributed by atoms with Crippen LogP contribution in [0.1, 0.15) is 44.6 Å². The maximum atomic E-state index is 13.2. The number of rotatable bonds is 6. The Morgan fingerprint density at radius 3 is 2.38 bits per heavy atom. The molecule has 0 fully saturated rings. The highest BCUT2D eigenvalue weighted by Crippen LogP contribution is 2.21. The van der Waals surface area contributed by atoms with Gasteiger partial charge in [-0.05, 0) is 68.8 Å². The monoisotopic (exact) mass is 393 g/mol. The highest BCUT2D eigenvalue weighted by Gasteiger charge is 2.16. The van der Waals surface area contributed by atoms with E-state index < -0.39 is 0 Å². The molecule has 1 aromatic heterocycles. The van der Waals surface area contributed by atoms with Gasteiger partial charge in [-0.2, -0.15) is 0 Å². The lowest BCUT2D eigenvalue weighted by atomic mass is 10.1. The summed E-state index contributed by atoms with van der Waals surface area (Å²) in [5.41, 5.74) is 4.43. The maximum Gasteiger partial charge on any atom is 0.253 e. The minimum Gasteiger partial charge on any atom is -0.352 e. The van der Waals surface area contributed by atoms with Crippen molar-refractivity contribution in [1.29, 1.82) is 0 Å². The Bertz CT molecular complexity index is 1040. The molecule has 0 aliphatic heterocycles. The third kappa shape index (κ3) is 4.54. The van der Waals surface area contributed by atoms with Crippen molar-refractivity contribution in [3.05, 3.63) is 88.5 Å². The number of nitrogens with one attached hydrogen (secondary N) is 2. The maximum absolute atomic E-state index is 13.2. The Kier molecular flexibility index (Phi) is 6.12. The lowest BCUT2D eigenvalue weighted by Crippen LogP contribution is -2.24. The van der Waals surface area contributed by atoms with Crippen molar-refractivity contribution < 1.29 is 14.0 Å². The highest BCUT2D eigenvalue weighted by atomic mass is 19.1. The van der Waals surface area contributed by atoms with E-state index in [4.69, 9.17) is 0 Å². The fourth-order valence-electron chi connectivity index (χ4n) is 3.34. The van der Waals surface area contributed by atoms with Crippen LogP contribution < -0.4 is 10.6 Å². The minimum absolute atomic E-state index is 0.136. The molecule has 3 aromatic rings. The van der Waals surface area contributed by atoms with Crippen LogP contribution in [0.3, 0.4) is 0 Å². The van der Waals surface area contributed by atoms with Crippen LogP contribution in [0.25, 0.3) is 5.69 Å². The average Bonchev–Trinajstić information content (AvgIpc) is 3.01. The number of hydrogen-bond acceptors (Lipinski definition) is 2.